The first-order valence-electron chi connectivity index (χ1n) is 6.92. The van der Waals surface area contributed by atoms with Crippen molar-refractivity contribution in [2.45, 2.75) is 31.1 Å². The Kier molecular flexibility index (Phi) is 4.55. The fourth-order valence-electron chi connectivity index (χ4n) is 2.69. The number of sulfonamides is 1. The molecule has 1 heterocycles. The van der Waals surface area contributed by atoms with Gasteiger partial charge in [-0.1, -0.05) is 13.3 Å². The molecule has 1 aliphatic heterocycles. The van der Waals surface area contributed by atoms with Crippen molar-refractivity contribution in [2.75, 3.05) is 25.9 Å². The lowest BCUT2D eigenvalue weighted by Gasteiger charge is -2.18. The zero-order valence-electron chi connectivity index (χ0n) is 12.0. The van der Waals surface area contributed by atoms with Crippen molar-refractivity contribution in [2.24, 2.45) is 5.92 Å². The van der Waals surface area contributed by atoms with Crippen LogP contribution in [0.5, 0.6) is 5.75 Å². The molecule has 1 aromatic carbocycles. The maximum atomic E-state index is 12.6. The van der Waals surface area contributed by atoms with E-state index in [1.165, 1.54) is 13.2 Å². The Labute approximate surface area is 120 Å². The van der Waals surface area contributed by atoms with Gasteiger partial charge in [-0.05, 0) is 30.9 Å². The number of nitrogens with zero attached hydrogens (tertiary/aromatic N) is 1. The van der Waals surface area contributed by atoms with Gasteiger partial charge in [-0.3, -0.25) is 0 Å². The smallest absolute Gasteiger partial charge is 0.245 e. The number of nitrogens with two attached hydrogens (primary N) is 1. The molecule has 112 valence electrons. The standard InChI is InChI=1S/C14H22N2O3S/c1-3-4-11-7-8-16(10-11)20(17,18)14-6-5-12(19-2)9-13(14)15/h5-6,9,11H,3-4,7-8,10,15H2,1-2H3. The molecule has 1 aliphatic rings. The van der Waals surface area contributed by atoms with Crippen molar-refractivity contribution in [3.63, 3.8) is 0 Å². The van der Waals surface area contributed by atoms with Crippen LogP contribution in [0, 0.1) is 5.92 Å². The summed E-state index contributed by atoms with van der Waals surface area (Å²) in [5, 5.41) is 0. The predicted octanol–water partition coefficient (Wildman–Crippen LogP) is 2.09. The average molecular weight is 298 g/mol. The number of hydrogen-bond donors (Lipinski definition) is 1. The van der Waals surface area contributed by atoms with Gasteiger partial charge in [0.2, 0.25) is 10.0 Å². The Hall–Kier alpha value is -1.27. The topological polar surface area (TPSA) is 72.6 Å². The molecule has 5 nitrogen and oxygen atoms in total. The second-order valence-electron chi connectivity index (χ2n) is 5.21. The van der Waals surface area contributed by atoms with Crippen LogP contribution in [0.2, 0.25) is 0 Å². The van der Waals surface area contributed by atoms with Gasteiger partial charge in [0.15, 0.2) is 0 Å². The fourth-order valence-corrected chi connectivity index (χ4v) is 4.31. The van der Waals surface area contributed by atoms with Crippen LogP contribution in [-0.2, 0) is 10.0 Å². The van der Waals surface area contributed by atoms with Crippen LogP contribution < -0.4 is 10.5 Å². The quantitative estimate of drug-likeness (QED) is 0.845. The van der Waals surface area contributed by atoms with Crippen LogP contribution in [0.1, 0.15) is 26.2 Å². The Bertz CT molecular complexity index is 572. The molecule has 0 aliphatic carbocycles. The van der Waals surface area contributed by atoms with Crippen LogP contribution in [0.3, 0.4) is 0 Å². The summed E-state index contributed by atoms with van der Waals surface area (Å²) in [6.45, 7) is 3.30. The molecule has 1 atom stereocenters. The van der Waals surface area contributed by atoms with E-state index in [1.807, 2.05) is 0 Å². The van der Waals surface area contributed by atoms with Gasteiger partial charge in [-0.2, -0.15) is 4.31 Å². The summed E-state index contributed by atoms with van der Waals surface area (Å²) in [7, 11) is -1.97. The third kappa shape index (κ3) is 2.91. The maximum Gasteiger partial charge on any atom is 0.245 e. The SMILES string of the molecule is CCCC1CCN(S(=O)(=O)c2ccc(OC)cc2N)C1. The highest BCUT2D eigenvalue weighted by molar-refractivity contribution is 7.89. The van der Waals surface area contributed by atoms with Crippen LogP contribution in [0.15, 0.2) is 23.1 Å². The molecule has 0 amide bonds. The van der Waals surface area contributed by atoms with Crippen LogP contribution >= 0.6 is 0 Å². The number of nitrogen functional groups attached to an aromatic ring is 1. The number of hydrogen-bond acceptors (Lipinski definition) is 4. The minimum Gasteiger partial charge on any atom is -0.497 e. The van der Waals surface area contributed by atoms with Gasteiger partial charge in [0.25, 0.3) is 0 Å². The Morgan fingerprint density at radius 2 is 2.20 bits per heavy atom. The van der Waals surface area contributed by atoms with Gasteiger partial charge in [0.1, 0.15) is 10.6 Å². The van der Waals surface area contributed by atoms with E-state index in [1.54, 1.807) is 16.4 Å². The van der Waals surface area contributed by atoms with E-state index >= 15 is 0 Å². The molecule has 0 saturated carbocycles. The molecule has 0 spiro atoms. The lowest BCUT2D eigenvalue weighted by Crippen LogP contribution is -2.29. The Morgan fingerprint density at radius 1 is 1.45 bits per heavy atom. The zero-order chi connectivity index (χ0) is 14.8. The van der Waals surface area contributed by atoms with Crippen molar-refractivity contribution >= 4 is 15.7 Å². The first kappa shape index (κ1) is 15.1. The van der Waals surface area contributed by atoms with E-state index < -0.39 is 10.0 Å². The summed E-state index contributed by atoms with van der Waals surface area (Å²) >= 11 is 0. The molecular weight excluding hydrogens is 276 g/mol. The summed E-state index contributed by atoms with van der Waals surface area (Å²) in [6, 6.07) is 4.70. The lowest BCUT2D eigenvalue weighted by atomic mass is 10.0. The van der Waals surface area contributed by atoms with Gasteiger partial charge in [0, 0.05) is 19.2 Å². The second kappa shape index (κ2) is 6.01. The number of ether oxygens (including phenoxy) is 1. The molecule has 0 aromatic heterocycles. The second-order valence-corrected chi connectivity index (χ2v) is 7.12. The summed E-state index contributed by atoms with van der Waals surface area (Å²) in [6.07, 6.45) is 3.09. The molecular formula is C14H22N2O3S. The number of rotatable bonds is 5. The van der Waals surface area contributed by atoms with Gasteiger partial charge in [0.05, 0.1) is 12.8 Å². The molecule has 2 N–H and O–H groups in total. The first-order chi connectivity index (χ1) is 9.48. The minimum absolute atomic E-state index is 0.176. The van der Waals surface area contributed by atoms with Gasteiger partial charge >= 0.3 is 0 Å². The molecule has 1 aromatic rings. The van der Waals surface area contributed by atoms with E-state index in [2.05, 4.69) is 6.92 Å². The zero-order valence-corrected chi connectivity index (χ0v) is 12.8. The third-order valence-electron chi connectivity index (χ3n) is 3.78. The van der Waals surface area contributed by atoms with E-state index in [-0.39, 0.29) is 10.6 Å². The van der Waals surface area contributed by atoms with Crippen molar-refractivity contribution in [1.29, 1.82) is 0 Å². The summed E-state index contributed by atoms with van der Waals surface area (Å²) in [4.78, 5) is 0.176. The summed E-state index contributed by atoms with van der Waals surface area (Å²) in [5.41, 5.74) is 6.10. The lowest BCUT2D eigenvalue weighted by molar-refractivity contribution is 0.414. The van der Waals surface area contributed by atoms with Crippen molar-refractivity contribution in [3.05, 3.63) is 18.2 Å². The van der Waals surface area contributed by atoms with Crippen LogP contribution in [0.4, 0.5) is 5.69 Å². The average Bonchev–Trinajstić information content (AvgIpc) is 2.88. The molecule has 2 rings (SSSR count). The molecule has 0 radical (unpaired) electrons. The summed E-state index contributed by atoms with van der Waals surface area (Å²) in [5.74, 6) is 1.03. The molecule has 1 fully saturated rings. The highest BCUT2D eigenvalue weighted by Crippen LogP contribution is 2.31. The monoisotopic (exact) mass is 298 g/mol. The van der Waals surface area contributed by atoms with Crippen molar-refractivity contribution in [1.82, 2.24) is 4.31 Å². The van der Waals surface area contributed by atoms with E-state index in [0.717, 1.165) is 19.3 Å². The van der Waals surface area contributed by atoms with E-state index in [4.69, 9.17) is 10.5 Å². The number of methoxy groups -OCH3 is 1. The third-order valence-corrected chi connectivity index (χ3v) is 5.72. The molecule has 1 saturated heterocycles. The first-order valence-corrected chi connectivity index (χ1v) is 8.36. The highest BCUT2D eigenvalue weighted by atomic mass is 32.2. The molecule has 0 bridgehead atoms. The maximum absolute atomic E-state index is 12.6. The van der Waals surface area contributed by atoms with Gasteiger partial charge < -0.3 is 10.5 Å². The van der Waals surface area contributed by atoms with Crippen LogP contribution in [-0.4, -0.2) is 32.9 Å². The normalized spacial score (nSPS) is 20.2. The van der Waals surface area contributed by atoms with E-state index in [0.29, 0.717) is 24.8 Å². The number of anilines is 1. The van der Waals surface area contributed by atoms with Crippen molar-refractivity contribution in [3.8, 4) is 5.75 Å². The highest BCUT2D eigenvalue weighted by Gasteiger charge is 2.33. The minimum atomic E-state index is -3.49. The number of benzene rings is 1. The van der Waals surface area contributed by atoms with Gasteiger partial charge in [-0.15, -0.1) is 0 Å². The largest absolute Gasteiger partial charge is 0.497 e. The van der Waals surface area contributed by atoms with Gasteiger partial charge in [-0.25, -0.2) is 8.42 Å². The Morgan fingerprint density at radius 3 is 2.80 bits per heavy atom. The fraction of sp³-hybridized carbons (Fsp3) is 0.571. The Balaban J connectivity index is 2.23. The molecule has 1 unspecified atom stereocenters. The molecule has 6 heteroatoms. The molecule has 20 heavy (non-hydrogen) atoms. The summed E-state index contributed by atoms with van der Waals surface area (Å²) < 4.78 is 31.8. The predicted molar refractivity (Wildman–Crippen MR) is 79.2 cm³/mol. The van der Waals surface area contributed by atoms with Crippen LogP contribution in [0.25, 0.3) is 0 Å². The van der Waals surface area contributed by atoms with E-state index in [9.17, 15) is 8.42 Å². The van der Waals surface area contributed by atoms with Crippen molar-refractivity contribution < 1.29 is 13.2 Å².